The number of fused-ring (bicyclic) bond motifs is 3. The Morgan fingerprint density at radius 1 is 1.06 bits per heavy atom. The third kappa shape index (κ3) is 4.24. The zero-order chi connectivity index (χ0) is 23.7. The van der Waals surface area contributed by atoms with Crippen LogP contribution in [0, 0.1) is 0 Å². The number of nitrogens with zero attached hydrogens (tertiary/aromatic N) is 2. The molecule has 0 saturated heterocycles. The van der Waals surface area contributed by atoms with Crippen LogP contribution in [-0.2, 0) is 16.1 Å². The number of hydrogen-bond donors (Lipinski definition) is 2. The molecule has 3 aromatic rings. The Hall–Kier alpha value is -4.14. The van der Waals surface area contributed by atoms with Gasteiger partial charge in [0.15, 0.2) is 17.8 Å². The highest BCUT2D eigenvalue weighted by atomic mass is 16.5. The molecule has 0 bridgehead atoms. The van der Waals surface area contributed by atoms with E-state index in [0.717, 1.165) is 41.5 Å². The lowest BCUT2D eigenvalue weighted by Gasteiger charge is -2.19. The molecule has 2 aromatic carbocycles. The SMILES string of the molecule is O=C(O)CN(C(=O)c1ncoc1CNC(=O)OCC1c2ccccc2-c2ccccc21)C1CC1. The molecule has 174 valence electrons. The zero-order valence-electron chi connectivity index (χ0n) is 18.3. The van der Waals surface area contributed by atoms with E-state index >= 15 is 0 Å². The van der Waals surface area contributed by atoms with Crippen molar-refractivity contribution < 1.29 is 28.6 Å². The highest BCUT2D eigenvalue weighted by Crippen LogP contribution is 2.44. The lowest BCUT2D eigenvalue weighted by atomic mass is 9.98. The average Bonchev–Trinajstić information content (AvgIpc) is 3.49. The second kappa shape index (κ2) is 9.01. The van der Waals surface area contributed by atoms with Gasteiger partial charge in [-0.3, -0.25) is 9.59 Å². The molecule has 0 radical (unpaired) electrons. The maximum atomic E-state index is 12.8. The van der Waals surface area contributed by atoms with Crippen LogP contribution in [0.3, 0.4) is 0 Å². The van der Waals surface area contributed by atoms with Crippen LogP contribution < -0.4 is 5.32 Å². The molecule has 9 heteroatoms. The number of benzene rings is 2. The standard InChI is InChI=1S/C25H23N3O6/c29-22(30)12-28(15-9-10-15)24(31)23-21(34-14-27-23)11-26-25(32)33-13-20-18-7-3-1-5-16(18)17-6-2-4-8-19(17)20/h1-8,14-15,20H,9-13H2,(H,26,32)(H,29,30). The number of oxazole rings is 1. The number of carboxylic acid groups (broad SMARTS) is 1. The lowest BCUT2D eigenvalue weighted by molar-refractivity contribution is -0.137. The molecule has 2 N–H and O–H groups in total. The third-order valence-electron chi connectivity index (χ3n) is 6.13. The van der Waals surface area contributed by atoms with E-state index < -0.39 is 24.5 Å². The van der Waals surface area contributed by atoms with Crippen molar-refractivity contribution in [1.29, 1.82) is 0 Å². The van der Waals surface area contributed by atoms with E-state index in [1.54, 1.807) is 0 Å². The van der Waals surface area contributed by atoms with Gasteiger partial charge in [-0.2, -0.15) is 0 Å². The number of carbonyl (C=O) groups excluding carboxylic acids is 2. The number of aromatic nitrogens is 1. The van der Waals surface area contributed by atoms with E-state index in [1.165, 1.54) is 4.90 Å². The minimum atomic E-state index is -1.10. The van der Waals surface area contributed by atoms with Crippen molar-refractivity contribution in [2.75, 3.05) is 13.2 Å². The second-order valence-corrected chi connectivity index (χ2v) is 8.36. The molecule has 9 nitrogen and oxygen atoms in total. The predicted molar refractivity (Wildman–Crippen MR) is 120 cm³/mol. The first kappa shape index (κ1) is 21.7. The number of hydrogen-bond acceptors (Lipinski definition) is 6. The monoisotopic (exact) mass is 461 g/mol. The summed E-state index contributed by atoms with van der Waals surface area (Å²) < 4.78 is 10.8. The summed E-state index contributed by atoms with van der Waals surface area (Å²) in [7, 11) is 0. The molecule has 1 saturated carbocycles. The van der Waals surface area contributed by atoms with Gasteiger partial charge < -0.3 is 24.5 Å². The Balaban J connectivity index is 1.21. The maximum absolute atomic E-state index is 12.8. The van der Waals surface area contributed by atoms with E-state index in [4.69, 9.17) is 14.3 Å². The van der Waals surface area contributed by atoms with E-state index in [2.05, 4.69) is 22.4 Å². The van der Waals surface area contributed by atoms with Crippen molar-refractivity contribution in [3.05, 3.63) is 77.5 Å². The van der Waals surface area contributed by atoms with E-state index in [1.807, 2.05) is 36.4 Å². The van der Waals surface area contributed by atoms with Crippen LogP contribution in [0.25, 0.3) is 11.1 Å². The van der Waals surface area contributed by atoms with Gasteiger partial charge in [-0.25, -0.2) is 9.78 Å². The minimum absolute atomic E-state index is 0.00732. The Labute approximate surface area is 195 Å². The summed E-state index contributed by atoms with van der Waals surface area (Å²) in [5, 5.41) is 11.7. The molecule has 1 heterocycles. The van der Waals surface area contributed by atoms with Gasteiger partial charge in [-0.1, -0.05) is 48.5 Å². The minimum Gasteiger partial charge on any atom is -0.480 e. The van der Waals surface area contributed by atoms with Crippen LogP contribution in [0.5, 0.6) is 0 Å². The van der Waals surface area contributed by atoms with E-state index in [9.17, 15) is 14.4 Å². The van der Waals surface area contributed by atoms with Crippen molar-refractivity contribution in [2.45, 2.75) is 31.3 Å². The van der Waals surface area contributed by atoms with Gasteiger partial charge in [-0.15, -0.1) is 0 Å². The number of rotatable bonds is 8. The molecule has 0 aliphatic heterocycles. The molecule has 2 amide bonds. The van der Waals surface area contributed by atoms with Gasteiger partial charge in [0, 0.05) is 12.0 Å². The normalized spacial score (nSPS) is 14.2. The molecule has 1 fully saturated rings. The number of nitrogens with one attached hydrogen (secondary N) is 1. The van der Waals surface area contributed by atoms with Gasteiger partial charge >= 0.3 is 12.1 Å². The molecule has 34 heavy (non-hydrogen) atoms. The molecule has 5 rings (SSSR count). The number of aliphatic carboxylic acids is 1. The summed E-state index contributed by atoms with van der Waals surface area (Å²) in [6, 6.07) is 16.0. The van der Waals surface area contributed by atoms with Crippen LogP contribution in [-0.4, -0.2) is 52.2 Å². The number of amides is 2. The fraction of sp³-hybridized carbons (Fsp3) is 0.280. The molecule has 2 aliphatic carbocycles. The van der Waals surface area contributed by atoms with E-state index in [-0.39, 0.29) is 36.6 Å². The fourth-order valence-electron chi connectivity index (χ4n) is 4.41. The number of ether oxygens (including phenoxy) is 1. The molecular weight excluding hydrogens is 438 g/mol. The largest absolute Gasteiger partial charge is 0.480 e. The summed E-state index contributed by atoms with van der Waals surface area (Å²) in [6.45, 7) is -0.352. The number of carboxylic acids is 1. The summed E-state index contributed by atoms with van der Waals surface area (Å²) in [4.78, 5) is 41.6. The summed E-state index contributed by atoms with van der Waals surface area (Å²) in [5.74, 6) is -1.54. The Bertz CT molecular complexity index is 1200. The van der Waals surface area contributed by atoms with Crippen LogP contribution in [0.2, 0.25) is 0 Å². The first-order valence-electron chi connectivity index (χ1n) is 11.1. The van der Waals surface area contributed by atoms with Crippen molar-refractivity contribution in [3.8, 4) is 11.1 Å². The first-order valence-corrected chi connectivity index (χ1v) is 11.1. The number of alkyl carbamates (subject to hydrolysis) is 1. The van der Waals surface area contributed by atoms with Crippen LogP contribution in [0.1, 0.15) is 46.1 Å². The lowest BCUT2D eigenvalue weighted by Crippen LogP contribution is -2.38. The zero-order valence-corrected chi connectivity index (χ0v) is 18.3. The summed E-state index contributed by atoms with van der Waals surface area (Å²) >= 11 is 0. The molecule has 0 unspecified atom stereocenters. The Kier molecular flexibility index (Phi) is 5.75. The highest BCUT2D eigenvalue weighted by molar-refractivity contribution is 5.95. The smallest absolute Gasteiger partial charge is 0.407 e. The van der Waals surface area contributed by atoms with Gasteiger partial charge in [0.25, 0.3) is 5.91 Å². The molecule has 0 spiro atoms. The first-order chi connectivity index (χ1) is 16.5. The summed E-state index contributed by atoms with van der Waals surface area (Å²) in [6.07, 6.45) is 1.96. The van der Waals surface area contributed by atoms with Crippen LogP contribution in [0.4, 0.5) is 4.79 Å². The fourth-order valence-corrected chi connectivity index (χ4v) is 4.41. The van der Waals surface area contributed by atoms with Crippen LogP contribution in [0.15, 0.2) is 59.3 Å². The number of carbonyl (C=O) groups is 3. The Morgan fingerprint density at radius 3 is 2.32 bits per heavy atom. The Morgan fingerprint density at radius 2 is 1.71 bits per heavy atom. The quantitative estimate of drug-likeness (QED) is 0.527. The third-order valence-corrected chi connectivity index (χ3v) is 6.13. The summed E-state index contributed by atoms with van der Waals surface area (Å²) in [5.41, 5.74) is 4.49. The molecule has 0 atom stereocenters. The molecule has 1 aromatic heterocycles. The van der Waals surface area contributed by atoms with Crippen molar-refractivity contribution in [1.82, 2.24) is 15.2 Å². The second-order valence-electron chi connectivity index (χ2n) is 8.36. The van der Waals surface area contributed by atoms with Gasteiger partial charge in [-0.05, 0) is 35.1 Å². The van der Waals surface area contributed by atoms with Crippen LogP contribution >= 0.6 is 0 Å². The molecular formula is C25H23N3O6. The van der Waals surface area contributed by atoms with Crippen molar-refractivity contribution in [3.63, 3.8) is 0 Å². The van der Waals surface area contributed by atoms with E-state index in [0.29, 0.717) is 0 Å². The predicted octanol–water partition coefficient (Wildman–Crippen LogP) is 3.40. The van der Waals surface area contributed by atoms with Crippen molar-refractivity contribution in [2.24, 2.45) is 0 Å². The van der Waals surface area contributed by atoms with Crippen molar-refractivity contribution >= 4 is 18.0 Å². The van der Waals surface area contributed by atoms with Gasteiger partial charge in [0.2, 0.25) is 0 Å². The highest BCUT2D eigenvalue weighted by Gasteiger charge is 2.36. The topological polar surface area (TPSA) is 122 Å². The average molecular weight is 461 g/mol. The molecule has 2 aliphatic rings. The van der Waals surface area contributed by atoms with Gasteiger partial charge in [0.1, 0.15) is 13.2 Å². The maximum Gasteiger partial charge on any atom is 0.407 e. The van der Waals surface area contributed by atoms with Gasteiger partial charge in [0.05, 0.1) is 6.54 Å².